The van der Waals surface area contributed by atoms with Gasteiger partial charge in [-0.1, -0.05) is 42.5 Å². The average Bonchev–Trinajstić information content (AvgIpc) is 3.31. The van der Waals surface area contributed by atoms with Crippen LogP contribution >= 0.6 is 0 Å². The van der Waals surface area contributed by atoms with Crippen molar-refractivity contribution in [3.63, 3.8) is 0 Å². The first-order valence-electron chi connectivity index (χ1n) is 9.01. The van der Waals surface area contributed by atoms with E-state index in [1.54, 1.807) is 7.11 Å². The smallest absolute Gasteiger partial charge is 0.149 e. The van der Waals surface area contributed by atoms with E-state index in [1.807, 2.05) is 36.4 Å². The molecule has 0 unspecified atom stereocenters. The predicted octanol–water partition coefficient (Wildman–Crippen LogP) is 3.20. The monoisotopic (exact) mass is 353 g/mol. The van der Waals surface area contributed by atoms with Gasteiger partial charge in [-0.3, -0.25) is 0 Å². The van der Waals surface area contributed by atoms with Crippen molar-refractivity contribution in [3.05, 3.63) is 65.7 Å². The summed E-state index contributed by atoms with van der Waals surface area (Å²) in [7, 11) is 1.68. The molecule has 0 saturated carbocycles. The molecule has 5 atom stereocenters. The quantitative estimate of drug-likeness (QED) is 0.847. The molecular weight excluding hydrogens is 330 g/mol. The van der Waals surface area contributed by atoms with Gasteiger partial charge in [0.05, 0.1) is 13.7 Å². The molecule has 3 heterocycles. The van der Waals surface area contributed by atoms with Gasteiger partial charge >= 0.3 is 0 Å². The zero-order valence-electron chi connectivity index (χ0n) is 15.2. The van der Waals surface area contributed by atoms with Gasteiger partial charge in [0.1, 0.15) is 35.6 Å². The summed E-state index contributed by atoms with van der Waals surface area (Å²) in [4.78, 5) is 2.24. The second-order valence-corrected chi connectivity index (χ2v) is 7.49. The normalized spacial score (nSPS) is 38.5. The molecule has 0 bridgehead atoms. The highest BCUT2D eigenvalue weighted by molar-refractivity contribution is 5.35. The highest BCUT2D eigenvalue weighted by atomic mass is 16.7. The number of methoxy groups -OCH3 is 1. The Balaban J connectivity index is 1.57. The second-order valence-electron chi connectivity index (χ2n) is 7.49. The molecule has 3 aliphatic heterocycles. The van der Waals surface area contributed by atoms with E-state index in [1.165, 1.54) is 0 Å². The van der Waals surface area contributed by atoms with Crippen molar-refractivity contribution in [1.29, 1.82) is 0 Å². The molecule has 5 rings (SSSR count). The van der Waals surface area contributed by atoms with E-state index in [2.05, 4.69) is 36.9 Å². The standard InChI is InChI=1S/C21H23NO4/c1-20(14-8-5-4-6-9-14)18-22-17(13-24-18)25-21(2,19(22)26-20)15-10-7-11-16(12-15)23-3/h4-12,17-19H,13H2,1-3H3/t17-,18-,19-,20-,21+/m1/s1. The molecule has 2 aromatic carbocycles. The van der Waals surface area contributed by atoms with E-state index in [9.17, 15) is 0 Å². The van der Waals surface area contributed by atoms with Crippen LogP contribution in [-0.2, 0) is 25.4 Å². The van der Waals surface area contributed by atoms with Gasteiger partial charge in [0.25, 0.3) is 0 Å². The molecule has 5 nitrogen and oxygen atoms in total. The first-order chi connectivity index (χ1) is 12.6. The Kier molecular flexibility index (Phi) is 3.46. The van der Waals surface area contributed by atoms with Crippen LogP contribution in [0.2, 0.25) is 0 Å². The first kappa shape index (κ1) is 16.3. The number of ether oxygens (including phenoxy) is 4. The second kappa shape index (κ2) is 5.54. The Hall–Kier alpha value is -1.92. The fraction of sp³-hybridized carbons (Fsp3) is 0.429. The van der Waals surface area contributed by atoms with Gasteiger partial charge in [-0.2, -0.15) is 0 Å². The molecule has 0 radical (unpaired) electrons. The summed E-state index contributed by atoms with van der Waals surface area (Å²) in [6.45, 7) is 4.75. The fourth-order valence-electron chi connectivity index (χ4n) is 4.52. The van der Waals surface area contributed by atoms with Crippen LogP contribution in [0.5, 0.6) is 5.75 Å². The number of hydrogen-bond donors (Lipinski definition) is 0. The highest BCUT2D eigenvalue weighted by Crippen LogP contribution is 2.55. The van der Waals surface area contributed by atoms with E-state index >= 15 is 0 Å². The third kappa shape index (κ3) is 2.06. The molecule has 2 aromatic rings. The van der Waals surface area contributed by atoms with Gasteiger partial charge in [-0.15, -0.1) is 0 Å². The molecular formula is C21H23NO4. The summed E-state index contributed by atoms with van der Waals surface area (Å²) in [6, 6.07) is 18.3. The largest absolute Gasteiger partial charge is 0.497 e. The molecule has 136 valence electrons. The van der Waals surface area contributed by atoms with E-state index in [4.69, 9.17) is 18.9 Å². The molecule has 5 heteroatoms. The maximum absolute atomic E-state index is 6.67. The Morgan fingerprint density at radius 2 is 1.65 bits per heavy atom. The van der Waals surface area contributed by atoms with Crippen LogP contribution < -0.4 is 4.74 Å². The van der Waals surface area contributed by atoms with Crippen LogP contribution in [-0.4, -0.2) is 37.3 Å². The van der Waals surface area contributed by atoms with Gasteiger partial charge in [-0.05, 0) is 37.1 Å². The lowest BCUT2D eigenvalue weighted by molar-refractivity contribution is -0.138. The lowest BCUT2D eigenvalue weighted by Crippen LogP contribution is -2.40. The predicted molar refractivity (Wildman–Crippen MR) is 95.5 cm³/mol. The molecule has 0 aromatic heterocycles. The third-order valence-corrected chi connectivity index (χ3v) is 5.94. The molecule has 3 saturated heterocycles. The summed E-state index contributed by atoms with van der Waals surface area (Å²) in [5.41, 5.74) is 1.04. The minimum absolute atomic E-state index is 0.105. The first-order valence-corrected chi connectivity index (χ1v) is 9.01. The molecule has 0 aliphatic carbocycles. The van der Waals surface area contributed by atoms with Crippen molar-refractivity contribution in [2.45, 2.75) is 43.7 Å². The molecule has 0 N–H and O–H groups in total. The van der Waals surface area contributed by atoms with Crippen LogP contribution in [0.15, 0.2) is 54.6 Å². The minimum Gasteiger partial charge on any atom is -0.497 e. The summed E-state index contributed by atoms with van der Waals surface area (Å²) >= 11 is 0. The minimum atomic E-state index is -0.590. The average molecular weight is 353 g/mol. The van der Waals surface area contributed by atoms with Crippen molar-refractivity contribution >= 4 is 0 Å². The SMILES string of the molecule is COc1cccc([C@]2(C)O[C@@H]3CO[C@H]4N3[C@@H]2O[C@]4(C)c2ccccc2)c1. The molecule has 3 fully saturated rings. The van der Waals surface area contributed by atoms with Gasteiger partial charge < -0.3 is 18.9 Å². The van der Waals surface area contributed by atoms with Crippen molar-refractivity contribution in [2.75, 3.05) is 13.7 Å². The number of rotatable bonds is 3. The van der Waals surface area contributed by atoms with E-state index in [0.29, 0.717) is 6.61 Å². The number of benzene rings is 2. The van der Waals surface area contributed by atoms with E-state index < -0.39 is 11.2 Å². The Morgan fingerprint density at radius 3 is 2.42 bits per heavy atom. The molecule has 0 spiro atoms. The molecule has 0 amide bonds. The van der Waals surface area contributed by atoms with Gasteiger partial charge in [0, 0.05) is 0 Å². The number of nitrogens with zero attached hydrogens (tertiary/aromatic N) is 1. The third-order valence-electron chi connectivity index (χ3n) is 5.94. The highest BCUT2D eigenvalue weighted by Gasteiger charge is 2.68. The Morgan fingerprint density at radius 1 is 0.923 bits per heavy atom. The molecule has 26 heavy (non-hydrogen) atoms. The van der Waals surface area contributed by atoms with Crippen LogP contribution in [0.3, 0.4) is 0 Å². The summed E-state index contributed by atoms with van der Waals surface area (Å²) in [5.74, 6) is 0.816. The summed E-state index contributed by atoms with van der Waals surface area (Å²) in [6.07, 6.45) is -0.489. The summed E-state index contributed by atoms with van der Waals surface area (Å²) < 4.78 is 24.6. The van der Waals surface area contributed by atoms with E-state index in [0.717, 1.165) is 16.9 Å². The van der Waals surface area contributed by atoms with Gasteiger partial charge in [0.15, 0.2) is 0 Å². The molecule has 3 aliphatic rings. The fourth-order valence-corrected chi connectivity index (χ4v) is 4.52. The van der Waals surface area contributed by atoms with Crippen LogP contribution in [0.1, 0.15) is 25.0 Å². The number of hydrogen-bond acceptors (Lipinski definition) is 5. The lowest BCUT2D eigenvalue weighted by atomic mass is 9.94. The van der Waals surface area contributed by atoms with Crippen molar-refractivity contribution in [3.8, 4) is 5.75 Å². The van der Waals surface area contributed by atoms with Crippen LogP contribution in [0, 0.1) is 0 Å². The van der Waals surface area contributed by atoms with Crippen LogP contribution in [0.25, 0.3) is 0 Å². The zero-order chi connectivity index (χ0) is 17.9. The van der Waals surface area contributed by atoms with Crippen molar-refractivity contribution < 1.29 is 18.9 Å². The van der Waals surface area contributed by atoms with Crippen molar-refractivity contribution in [1.82, 2.24) is 4.90 Å². The van der Waals surface area contributed by atoms with Gasteiger partial charge in [0.2, 0.25) is 0 Å². The maximum Gasteiger partial charge on any atom is 0.149 e. The van der Waals surface area contributed by atoms with Gasteiger partial charge in [-0.25, -0.2) is 4.90 Å². The maximum atomic E-state index is 6.67. The zero-order valence-corrected chi connectivity index (χ0v) is 15.2. The summed E-state index contributed by atoms with van der Waals surface area (Å²) in [5, 5.41) is 0. The Bertz CT molecular complexity index is 828. The van der Waals surface area contributed by atoms with Crippen molar-refractivity contribution in [2.24, 2.45) is 0 Å². The lowest BCUT2D eigenvalue weighted by Gasteiger charge is -2.33. The van der Waals surface area contributed by atoms with E-state index in [-0.39, 0.29) is 18.7 Å². The topological polar surface area (TPSA) is 40.2 Å². The van der Waals surface area contributed by atoms with Crippen LogP contribution in [0.4, 0.5) is 0 Å². The Labute approximate surface area is 153 Å².